The normalized spacial score (nSPS) is 11.8. The molecule has 32 heavy (non-hydrogen) atoms. The minimum absolute atomic E-state index is 0.0528. The van der Waals surface area contributed by atoms with Crippen molar-refractivity contribution >= 4 is 29.1 Å². The first kappa shape index (κ1) is 21.6. The molecule has 7 nitrogen and oxygen atoms in total. The fourth-order valence-corrected chi connectivity index (χ4v) is 3.99. The summed E-state index contributed by atoms with van der Waals surface area (Å²) in [6.07, 6.45) is 1.59. The van der Waals surface area contributed by atoms with E-state index in [1.54, 1.807) is 36.6 Å². The SMILES string of the molecule is CC(=O)c1cccc(NC(=O)[C@@H](C)Sc2nnc(-c3ccco3)n2Cc2ccccc2)c1. The number of anilines is 1. The van der Waals surface area contributed by atoms with Crippen LogP contribution in [0.3, 0.4) is 0 Å². The van der Waals surface area contributed by atoms with Crippen LogP contribution in [-0.4, -0.2) is 31.7 Å². The molecular formula is C24H22N4O3S. The Morgan fingerprint density at radius 3 is 2.59 bits per heavy atom. The summed E-state index contributed by atoms with van der Waals surface area (Å²) in [5.41, 5.74) is 2.21. The summed E-state index contributed by atoms with van der Waals surface area (Å²) < 4.78 is 7.48. The van der Waals surface area contributed by atoms with Gasteiger partial charge in [0.15, 0.2) is 16.7 Å². The van der Waals surface area contributed by atoms with Crippen molar-refractivity contribution in [2.45, 2.75) is 30.8 Å². The Balaban J connectivity index is 1.54. The zero-order chi connectivity index (χ0) is 22.5. The van der Waals surface area contributed by atoms with Gasteiger partial charge in [0, 0.05) is 11.3 Å². The van der Waals surface area contributed by atoms with Gasteiger partial charge in [0.1, 0.15) is 0 Å². The minimum Gasteiger partial charge on any atom is -0.461 e. The number of benzene rings is 2. The monoisotopic (exact) mass is 446 g/mol. The molecule has 0 unspecified atom stereocenters. The number of nitrogens with zero attached hydrogens (tertiary/aromatic N) is 3. The molecule has 1 N–H and O–H groups in total. The van der Waals surface area contributed by atoms with Crippen molar-refractivity contribution in [3.8, 4) is 11.6 Å². The Kier molecular flexibility index (Phi) is 6.51. The highest BCUT2D eigenvalue weighted by Crippen LogP contribution is 2.28. The van der Waals surface area contributed by atoms with Gasteiger partial charge in [-0.15, -0.1) is 10.2 Å². The Labute approximate surface area is 189 Å². The van der Waals surface area contributed by atoms with Gasteiger partial charge in [-0.2, -0.15) is 0 Å². The van der Waals surface area contributed by atoms with Crippen molar-refractivity contribution in [2.24, 2.45) is 0 Å². The second kappa shape index (κ2) is 9.65. The van der Waals surface area contributed by atoms with Gasteiger partial charge in [0.2, 0.25) is 11.7 Å². The van der Waals surface area contributed by atoms with Crippen LogP contribution in [-0.2, 0) is 11.3 Å². The number of furan rings is 1. The quantitative estimate of drug-likeness (QED) is 0.306. The fourth-order valence-electron chi connectivity index (χ4n) is 3.14. The van der Waals surface area contributed by atoms with E-state index < -0.39 is 5.25 Å². The molecule has 162 valence electrons. The zero-order valence-electron chi connectivity index (χ0n) is 17.7. The molecule has 0 aliphatic carbocycles. The highest BCUT2D eigenvalue weighted by molar-refractivity contribution is 8.00. The smallest absolute Gasteiger partial charge is 0.237 e. The number of amides is 1. The lowest BCUT2D eigenvalue weighted by Crippen LogP contribution is -2.23. The molecule has 0 saturated heterocycles. The molecule has 2 heterocycles. The molecule has 4 aromatic rings. The van der Waals surface area contributed by atoms with Crippen LogP contribution in [0.15, 0.2) is 82.6 Å². The molecule has 2 aromatic carbocycles. The Morgan fingerprint density at radius 2 is 1.88 bits per heavy atom. The van der Waals surface area contributed by atoms with E-state index in [0.717, 1.165) is 5.56 Å². The van der Waals surface area contributed by atoms with Crippen LogP contribution in [0.2, 0.25) is 0 Å². The molecule has 0 saturated carbocycles. The third kappa shape index (κ3) is 4.97. The van der Waals surface area contributed by atoms with Crippen LogP contribution >= 0.6 is 11.8 Å². The van der Waals surface area contributed by atoms with Crippen molar-refractivity contribution in [1.29, 1.82) is 0 Å². The molecule has 0 fully saturated rings. The number of carbonyl (C=O) groups excluding carboxylic acids is 2. The molecule has 1 atom stereocenters. The average Bonchev–Trinajstić information content (AvgIpc) is 3.45. The predicted octanol–water partition coefficient (Wildman–Crippen LogP) is 4.91. The van der Waals surface area contributed by atoms with Crippen LogP contribution in [0.4, 0.5) is 5.69 Å². The number of nitrogens with one attached hydrogen (secondary N) is 1. The molecule has 0 bridgehead atoms. The molecule has 0 aliphatic heterocycles. The second-order valence-electron chi connectivity index (χ2n) is 7.24. The number of carbonyl (C=O) groups is 2. The van der Waals surface area contributed by atoms with Crippen LogP contribution in [0.5, 0.6) is 0 Å². The van der Waals surface area contributed by atoms with E-state index in [9.17, 15) is 9.59 Å². The minimum atomic E-state index is -0.445. The van der Waals surface area contributed by atoms with Crippen molar-refractivity contribution in [3.63, 3.8) is 0 Å². The second-order valence-corrected chi connectivity index (χ2v) is 8.55. The third-order valence-electron chi connectivity index (χ3n) is 4.83. The maximum absolute atomic E-state index is 12.8. The van der Waals surface area contributed by atoms with E-state index in [4.69, 9.17) is 4.42 Å². The third-order valence-corrected chi connectivity index (χ3v) is 5.91. The average molecular weight is 447 g/mol. The number of hydrogen-bond donors (Lipinski definition) is 1. The van der Waals surface area contributed by atoms with Gasteiger partial charge < -0.3 is 9.73 Å². The van der Waals surface area contributed by atoms with E-state index in [1.165, 1.54) is 18.7 Å². The van der Waals surface area contributed by atoms with Gasteiger partial charge >= 0.3 is 0 Å². The summed E-state index contributed by atoms with van der Waals surface area (Å²) >= 11 is 1.31. The van der Waals surface area contributed by atoms with E-state index in [0.29, 0.717) is 34.5 Å². The van der Waals surface area contributed by atoms with E-state index in [-0.39, 0.29) is 11.7 Å². The number of aromatic nitrogens is 3. The molecule has 1 amide bonds. The maximum atomic E-state index is 12.8. The molecule has 4 rings (SSSR count). The highest BCUT2D eigenvalue weighted by atomic mass is 32.2. The Hall–Kier alpha value is -3.65. The zero-order valence-corrected chi connectivity index (χ0v) is 18.5. The number of thioether (sulfide) groups is 1. The summed E-state index contributed by atoms with van der Waals surface area (Å²) in [7, 11) is 0. The summed E-state index contributed by atoms with van der Waals surface area (Å²) in [6.45, 7) is 3.85. The van der Waals surface area contributed by atoms with Gasteiger partial charge in [0.05, 0.1) is 18.1 Å². The van der Waals surface area contributed by atoms with Crippen LogP contribution < -0.4 is 5.32 Å². The first-order valence-corrected chi connectivity index (χ1v) is 11.0. The van der Waals surface area contributed by atoms with Crippen molar-refractivity contribution < 1.29 is 14.0 Å². The number of ketones is 1. The largest absolute Gasteiger partial charge is 0.461 e. The van der Waals surface area contributed by atoms with Gasteiger partial charge in [-0.25, -0.2) is 0 Å². The number of hydrogen-bond acceptors (Lipinski definition) is 6. The van der Waals surface area contributed by atoms with Crippen molar-refractivity contribution in [2.75, 3.05) is 5.32 Å². The van der Waals surface area contributed by atoms with Crippen LogP contribution in [0, 0.1) is 0 Å². The topological polar surface area (TPSA) is 90.0 Å². The molecule has 0 radical (unpaired) electrons. The van der Waals surface area contributed by atoms with Crippen LogP contribution in [0.1, 0.15) is 29.8 Å². The van der Waals surface area contributed by atoms with Gasteiger partial charge in [-0.05, 0) is 43.7 Å². The van der Waals surface area contributed by atoms with E-state index >= 15 is 0 Å². The van der Waals surface area contributed by atoms with Gasteiger partial charge in [-0.3, -0.25) is 14.2 Å². The lowest BCUT2D eigenvalue weighted by Gasteiger charge is -2.14. The highest BCUT2D eigenvalue weighted by Gasteiger charge is 2.22. The van der Waals surface area contributed by atoms with Crippen molar-refractivity contribution in [3.05, 3.63) is 84.1 Å². The Bertz CT molecular complexity index is 1220. The first-order valence-electron chi connectivity index (χ1n) is 10.1. The lowest BCUT2D eigenvalue weighted by molar-refractivity contribution is -0.115. The Morgan fingerprint density at radius 1 is 1.06 bits per heavy atom. The molecule has 0 spiro atoms. The lowest BCUT2D eigenvalue weighted by atomic mass is 10.1. The summed E-state index contributed by atoms with van der Waals surface area (Å²) in [4.78, 5) is 24.4. The van der Waals surface area contributed by atoms with Crippen LogP contribution in [0.25, 0.3) is 11.6 Å². The first-order chi connectivity index (χ1) is 15.5. The van der Waals surface area contributed by atoms with Gasteiger partial charge in [-0.1, -0.05) is 54.2 Å². The fraction of sp³-hybridized carbons (Fsp3) is 0.167. The number of Topliss-reactive ketones (excluding diaryl/α,β-unsaturated/α-hetero) is 1. The molecular weight excluding hydrogens is 424 g/mol. The maximum Gasteiger partial charge on any atom is 0.237 e. The summed E-state index contributed by atoms with van der Waals surface area (Å²) in [5, 5.41) is 11.7. The van der Waals surface area contributed by atoms with Crippen molar-refractivity contribution in [1.82, 2.24) is 14.8 Å². The molecule has 0 aliphatic rings. The molecule has 2 aromatic heterocycles. The standard InChI is InChI=1S/C24H22N4O3S/c1-16(29)19-10-6-11-20(14-19)25-23(30)17(2)32-24-27-26-22(21-12-7-13-31-21)28(24)15-18-8-4-3-5-9-18/h3-14,17H,15H2,1-2H3,(H,25,30)/t17-/m1/s1. The molecule has 8 heteroatoms. The number of rotatable bonds is 8. The van der Waals surface area contributed by atoms with E-state index in [2.05, 4.69) is 15.5 Å². The summed E-state index contributed by atoms with van der Waals surface area (Å²) in [5.74, 6) is 0.967. The van der Waals surface area contributed by atoms with E-state index in [1.807, 2.05) is 47.9 Å². The van der Waals surface area contributed by atoms with Gasteiger partial charge in [0.25, 0.3) is 0 Å². The predicted molar refractivity (Wildman–Crippen MR) is 124 cm³/mol. The summed E-state index contributed by atoms with van der Waals surface area (Å²) in [6, 6.07) is 20.5.